The molecule has 1 amide bonds. The molecular weight excluding hydrogens is 288 g/mol. The first-order valence-electron chi connectivity index (χ1n) is 7.79. The predicted molar refractivity (Wildman–Crippen MR) is 80.6 cm³/mol. The van der Waals surface area contributed by atoms with E-state index in [9.17, 15) is 13.6 Å². The zero-order valence-corrected chi connectivity index (χ0v) is 12.5. The lowest BCUT2D eigenvalue weighted by atomic mass is 10.2. The number of anilines is 1. The van der Waals surface area contributed by atoms with E-state index < -0.39 is 11.6 Å². The second kappa shape index (κ2) is 6.71. The third-order valence-corrected chi connectivity index (χ3v) is 4.19. The van der Waals surface area contributed by atoms with Crippen molar-refractivity contribution in [3.63, 3.8) is 0 Å². The molecule has 1 aromatic rings. The van der Waals surface area contributed by atoms with Crippen molar-refractivity contribution < 1.29 is 13.6 Å². The Balaban J connectivity index is 1.43. The van der Waals surface area contributed by atoms with Gasteiger partial charge in [-0.2, -0.15) is 0 Å². The third kappa shape index (κ3) is 4.48. The van der Waals surface area contributed by atoms with E-state index in [-0.39, 0.29) is 18.1 Å². The van der Waals surface area contributed by atoms with E-state index in [4.69, 9.17) is 0 Å². The second-order valence-corrected chi connectivity index (χ2v) is 6.23. The number of piperazine rings is 1. The normalized spacial score (nSPS) is 20.1. The molecule has 1 aliphatic carbocycles. The van der Waals surface area contributed by atoms with Gasteiger partial charge in [-0.25, -0.2) is 8.78 Å². The van der Waals surface area contributed by atoms with Crippen LogP contribution in [0.25, 0.3) is 0 Å². The summed E-state index contributed by atoms with van der Waals surface area (Å²) in [4.78, 5) is 16.5. The van der Waals surface area contributed by atoms with E-state index in [2.05, 4.69) is 15.1 Å². The zero-order chi connectivity index (χ0) is 15.5. The molecule has 1 heterocycles. The van der Waals surface area contributed by atoms with E-state index in [0.29, 0.717) is 0 Å². The lowest BCUT2D eigenvalue weighted by Crippen LogP contribution is -2.49. The molecule has 22 heavy (non-hydrogen) atoms. The van der Waals surface area contributed by atoms with Gasteiger partial charge in [0.15, 0.2) is 0 Å². The van der Waals surface area contributed by atoms with Gasteiger partial charge in [0.25, 0.3) is 0 Å². The molecule has 0 radical (unpaired) electrons. The fourth-order valence-corrected chi connectivity index (χ4v) is 2.83. The topological polar surface area (TPSA) is 35.6 Å². The molecular formula is C16H21F2N3O. The fraction of sp³-hybridized carbons (Fsp3) is 0.562. The first-order chi connectivity index (χ1) is 10.6. The van der Waals surface area contributed by atoms with Crippen molar-refractivity contribution in [1.29, 1.82) is 0 Å². The molecule has 0 spiro atoms. The molecule has 120 valence electrons. The summed E-state index contributed by atoms with van der Waals surface area (Å²) < 4.78 is 26.2. The summed E-state index contributed by atoms with van der Waals surface area (Å²) in [6.45, 7) is 5.13. The molecule has 6 heteroatoms. The Bertz CT molecular complexity index is 520. The molecule has 2 aliphatic rings. The molecule has 1 N–H and O–H groups in total. The number of benzene rings is 1. The summed E-state index contributed by atoms with van der Waals surface area (Å²) >= 11 is 0. The van der Waals surface area contributed by atoms with Crippen LogP contribution in [0.1, 0.15) is 12.8 Å². The Hall–Kier alpha value is -1.53. The van der Waals surface area contributed by atoms with Gasteiger partial charge in [0, 0.05) is 44.5 Å². The number of hydrogen-bond donors (Lipinski definition) is 1. The van der Waals surface area contributed by atoms with E-state index in [1.807, 2.05) is 0 Å². The standard InChI is InChI=1S/C16H21F2N3O/c17-13-7-14(18)9-15(8-13)19-16(22)11-21-5-3-20(4-6-21)10-12-1-2-12/h7-9,12H,1-6,10-11H2,(H,19,22). The van der Waals surface area contributed by atoms with Crippen molar-refractivity contribution in [2.75, 3.05) is 44.6 Å². The lowest BCUT2D eigenvalue weighted by molar-refractivity contribution is -0.117. The molecule has 4 nitrogen and oxygen atoms in total. The number of halogens is 2. The Morgan fingerprint density at radius 3 is 2.23 bits per heavy atom. The second-order valence-electron chi connectivity index (χ2n) is 6.23. The van der Waals surface area contributed by atoms with Crippen molar-refractivity contribution in [2.45, 2.75) is 12.8 Å². The first-order valence-corrected chi connectivity index (χ1v) is 7.79. The Morgan fingerprint density at radius 1 is 1.05 bits per heavy atom. The smallest absolute Gasteiger partial charge is 0.238 e. The molecule has 0 unspecified atom stereocenters. The molecule has 0 aromatic heterocycles. The van der Waals surface area contributed by atoms with Gasteiger partial charge in [-0.05, 0) is 30.9 Å². The predicted octanol–water partition coefficient (Wildman–Crippen LogP) is 1.93. The summed E-state index contributed by atoms with van der Waals surface area (Å²) in [6, 6.07) is 3.03. The van der Waals surface area contributed by atoms with Crippen LogP contribution < -0.4 is 5.32 Å². The number of carbonyl (C=O) groups is 1. The maximum atomic E-state index is 13.1. The minimum atomic E-state index is -0.691. The fourth-order valence-electron chi connectivity index (χ4n) is 2.83. The van der Waals surface area contributed by atoms with Crippen LogP contribution in [0.2, 0.25) is 0 Å². The molecule has 1 aromatic carbocycles. The van der Waals surface area contributed by atoms with Crippen LogP contribution in [0.5, 0.6) is 0 Å². The van der Waals surface area contributed by atoms with Crippen LogP contribution >= 0.6 is 0 Å². The van der Waals surface area contributed by atoms with Crippen LogP contribution in [0.15, 0.2) is 18.2 Å². The number of rotatable bonds is 5. The van der Waals surface area contributed by atoms with Gasteiger partial charge in [-0.3, -0.25) is 9.69 Å². The maximum Gasteiger partial charge on any atom is 0.238 e. The van der Waals surface area contributed by atoms with E-state index in [0.717, 1.165) is 50.3 Å². The number of carbonyl (C=O) groups excluding carboxylic acids is 1. The summed E-state index contributed by atoms with van der Waals surface area (Å²) in [7, 11) is 0. The largest absolute Gasteiger partial charge is 0.325 e. The summed E-state index contributed by atoms with van der Waals surface area (Å²) in [5.41, 5.74) is 0.162. The average molecular weight is 309 g/mol. The molecule has 2 fully saturated rings. The Labute approximate surface area is 129 Å². The first kappa shape index (κ1) is 15.4. The van der Waals surface area contributed by atoms with E-state index in [1.165, 1.54) is 19.4 Å². The highest BCUT2D eigenvalue weighted by atomic mass is 19.1. The van der Waals surface area contributed by atoms with Crippen molar-refractivity contribution in [3.05, 3.63) is 29.8 Å². The monoisotopic (exact) mass is 309 g/mol. The lowest BCUT2D eigenvalue weighted by Gasteiger charge is -2.34. The number of amides is 1. The van der Waals surface area contributed by atoms with Crippen molar-refractivity contribution in [1.82, 2.24) is 9.80 Å². The van der Waals surface area contributed by atoms with Gasteiger partial charge in [-0.15, -0.1) is 0 Å². The molecule has 3 rings (SSSR count). The highest BCUT2D eigenvalue weighted by molar-refractivity contribution is 5.92. The van der Waals surface area contributed by atoms with Gasteiger partial charge < -0.3 is 10.2 Å². The summed E-state index contributed by atoms with van der Waals surface area (Å²) in [5.74, 6) is -0.730. The Kier molecular flexibility index (Phi) is 4.69. The summed E-state index contributed by atoms with van der Waals surface area (Å²) in [6.07, 6.45) is 2.71. The molecule has 0 atom stereocenters. The summed E-state index contributed by atoms with van der Waals surface area (Å²) in [5, 5.41) is 2.55. The highest BCUT2D eigenvalue weighted by Gasteiger charge is 2.26. The minimum Gasteiger partial charge on any atom is -0.325 e. The number of nitrogens with one attached hydrogen (secondary N) is 1. The average Bonchev–Trinajstić information content (AvgIpc) is 3.23. The van der Waals surface area contributed by atoms with Gasteiger partial charge in [0.1, 0.15) is 11.6 Å². The van der Waals surface area contributed by atoms with Crippen LogP contribution in [0.4, 0.5) is 14.5 Å². The minimum absolute atomic E-state index is 0.162. The third-order valence-electron chi connectivity index (χ3n) is 4.19. The highest BCUT2D eigenvalue weighted by Crippen LogP contribution is 2.29. The van der Waals surface area contributed by atoms with Crippen molar-refractivity contribution >= 4 is 11.6 Å². The number of nitrogens with zero attached hydrogens (tertiary/aromatic N) is 2. The Morgan fingerprint density at radius 2 is 1.64 bits per heavy atom. The van der Waals surface area contributed by atoms with Crippen LogP contribution in [0, 0.1) is 17.6 Å². The van der Waals surface area contributed by atoms with Crippen molar-refractivity contribution in [3.8, 4) is 0 Å². The quantitative estimate of drug-likeness (QED) is 0.903. The van der Waals surface area contributed by atoms with Crippen molar-refractivity contribution in [2.24, 2.45) is 5.92 Å². The van der Waals surface area contributed by atoms with E-state index in [1.54, 1.807) is 0 Å². The van der Waals surface area contributed by atoms with Crippen LogP contribution in [-0.4, -0.2) is 55.0 Å². The van der Waals surface area contributed by atoms with Gasteiger partial charge in [-0.1, -0.05) is 0 Å². The molecule has 1 saturated heterocycles. The molecule has 1 aliphatic heterocycles. The van der Waals surface area contributed by atoms with Crippen LogP contribution in [-0.2, 0) is 4.79 Å². The molecule has 0 bridgehead atoms. The van der Waals surface area contributed by atoms with Gasteiger partial charge >= 0.3 is 0 Å². The maximum absolute atomic E-state index is 13.1. The van der Waals surface area contributed by atoms with E-state index >= 15 is 0 Å². The molecule has 1 saturated carbocycles. The SMILES string of the molecule is O=C(CN1CCN(CC2CC2)CC1)Nc1cc(F)cc(F)c1. The van der Waals surface area contributed by atoms with Gasteiger partial charge in [0.05, 0.1) is 6.54 Å². The van der Waals surface area contributed by atoms with Crippen LogP contribution in [0.3, 0.4) is 0 Å². The zero-order valence-electron chi connectivity index (χ0n) is 12.5. The van der Waals surface area contributed by atoms with Gasteiger partial charge in [0.2, 0.25) is 5.91 Å². The number of hydrogen-bond acceptors (Lipinski definition) is 3.